The van der Waals surface area contributed by atoms with Gasteiger partial charge in [-0.05, 0) is 37.1 Å². The molecule has 1 fully saturated rings. The summed E-state index contributed by atoms with van der Waals surface area (Å²) in [6.07, 6.45) is 3.05. The van der Waals surface area contributed by atoms with Crippen LogP contribution in [0.15, 0.2) is 41.0 Å². The molecule has 0 unspecified atom stereocenters. The molecule has 1 aromatic carbocycles. The molecular weight excluding hydrogens is 280 g/mol. The lowest BCUT2D eigenvalue weighted by Crippen LogP contribution is -2.24. The molecule has 0 radical (unpaired) electrons. The normalized spacial score (nSPS) is 14.4. The van der Waals surface area contributed by atoms with Gasteiger partial charge in [0, 0.05) is 25.2 Å². The minimum absolute atomic E-state index is 0.148. The number of nitrogens with one attached hydrogen (secondary N) is 1. The first-order valence-electron chi connectivity index (χ1n) is 7.37. The lowest BCUT2D eigenvalue weighted by atomic mass is 10.2. The van der Waals surface area contributed by atoms with Gasteiger partial charge in [0.2, 0.25) is 5.91 Å². The molecule has 0 aliphatic carbocycles. The standard InChI is InChI=1S/C17H18N2O3/c1-12-15(8-10-22-12)17(21)18-11-13-4-6-14(7-5-13)19-9-2-3-16(19)20/h4-8,10H,2-3,9,11H2,1H3,(H,18,21). The summed E-state index contributed by atoms with van der Waals surface area (Å²) in [5.74, 6) is 0.641. The van der Waals surface area contributed by atoms with Crippen molar-refractivity contribution in [3.63, 3.8) is 0 Å². The molecule has 5 heteroatoms. The quantitative estimate of drug-likeness (QED) is 0.944. The largest absolute Gasteiger partial charge is 0.469 e. The lowest BCUT2D eigenvalue weighted by Gasteiger charge is -2.16. The maximum atomic E-state index is 12.0. The van der Waals surface area contributed by atoms with E-state index in [4.69, 9.17) is 4.42 Å². The van der Waals surface area contributed by atoms with E-state index in [9.17, 15) is 9.59 Å². The Balaban J connectivity index is 1.61. The second kappa shape index (κ2) is 6.05. The number of anilines is 1. The number of benzene rings is 1. The maximum absolute atomic E-state index is 12.0. The van der Waals surface area contributed by atoms with Crippen LogP contribution in [-0.4, -0.2) is 18.4 Å². The van der Waals surface area contributed by atoms with Gasteiger partial charge < -0.3 is 14.6 Å². The van der Waals surface area contributed by atoms with Crippen molar-refractivity contribution in [1.82, 2.24) is 5.32 Å². The van der Waals surface area contributed by atoms with Gasteiger partial charge >= 0.3 is 0 Å². The predicted molar refractivity (Wildman–Crippen MR) is 82.6 cm³/mol. The van der Waals surface area contributed by atoms with Crippen LogP contribution in [-0.2, 0) is 11.3 Å². The van der Waals surface area contributed by atoms with Gasteiger partial charge in [0.1, 0.15) is 5.76 Å². The van der Waals surface area contributed by atoms with Gasteiger partial charge in [-0.3, -0.25) is 9.59 Å². The Morgan fingerprint density at radius 3 is 2.64 bits per heavy atom. The molecule has 114 valence electrons. The molecular formula is C17H18N2O3. The van der Waals surface area contributed by atoms with Crippen LogP contribution in [0.25, 0.3) is 0 Å². The van der Waals surface area contributed by atoms with Crippen LogP contribution in [0.4, 0.5) is 5.69 Å². The smallest absolute Gasteiger partial charge is 0.255 e. The summed E-state index contributed by atoms with van der Waals surface area (Å²) >= 11 is 0. The molecule has 2 amide bonds. The van der Waals surface area contributed by atoms with Crippen molar-refractivity contribution in [3.05, 3.63) is 53.5 Å². The van der Waals surface area contributed by atoms with E-state index in [2.05, 4.69) is 5.32 Å². The van der Waals surface area contributed by atoms with Crippen LogP contribution < -0.4 is 10.2 Å². The van der Waals surface area contributed by atoms with Crippen molar-refractivity contribution in [2.45, 2.75) is 26.3 Å². The zero-order valence-corrected chi connectivity index (χ0v) is 12.5. The molecule has 1 aliphatic heterocycles. The first-order valence-corrected chi connectivity index (χ1v) is 7.37. The number of hydrogen-bond acceptors (Lipinski definition) is 3. The summed E-state index contributed by atoms with van der Waals surface area (Å²) in [7, 11) is 0. The van der Waals surface area contributed by atoms with Crippen molar-refractivity contribution in [3.8, 4) is 0 Å². The number of hydrogen-bond donors (Lipinski definition) is 1. The second-order valence-electron chi connectivity index (χ2n) is 5.39. The van der Waals surface area contributed by atoms with Crippen molar-refractivity contribution < 1.29 is 14.0 Å². The molecule has 22 heavy (non-hydrogen) atoms. The molecule has 0 bridgehead atoms. The summed E-state index contributed by atoms with van der Waals surface area (Å²) < 4.78 is 5.12. The summed E-state index contributed by atoms with van der Waals surface area (Å²) in [5, 5.41) is 2.86. The van der Waals surface area contributed by atoms with Gasteiger partial charge in [0.15, 0.2) is 0 Å². The molecule has 1 aliphatic rings. The molecule has 0 atom stereocenters. The van der Waals surface area contributed by atoms with E-state index < -0.39 is 0 Å². The minimum atomic E-state index is -0.148. The third-order valence-corrected chi connectivity index (χ3v) is 3.88. The monoisotopic (exact) mass is 298 g/mol. The highest BCUT2D eigenvalue weighted by Gasteiger charge is 2.21. The van der Waals surface area contributed by atoms with Crippen molar-refractivity contribution in [2.75, 3.05) is 11.4 Å². The highest BCUT2D eigenvalue weighted by Crippen LogP contribution is 2.21. The number of amides is 2. The molecule has 1 saturated heterocycles. The van der Waals surface area contributed by atoms with E-state index in [1.54, 1.807) is 17.9 Å². The first-order chi connectivity index (χ1) is 10.6. The Morgan fingerprint density at radius 2 is 2.05 bits per heavy atom. The van der Waals surface area contributed by atoms with E-state index in [1.807, 2.05) is 24.3 Å². The topological polar surface area (TPSA) is 62.6 Å². The molecule has 0 spiro atoms. The highest BCUT2D eigenvalue weighted by molar-refractivity contribution is 5.95. The third kappa shape index (κ3) is 2.88. The second-order valence-corrected chi connectivity index (χ2v) is 5.39. The zero-order valence-electron chi connectivity index (χ0n) is 12.5. The molecule has 0 saturated carbocycles. The Morgan fingerprint density at radius 1 is 1.27 bits per heavy atom. The number of furan rings is 1. The van der Waals surface area contributed by atoms with E-state index >= 15 is 0 Å². The Kier molecular flexibility index (Phi) is 3.96. The Hall–Kier alpha value is -2.56. The fraction of sp³-hybridized carbons (Fsp3) is 0.294. The van der Waals surface area contributed by atoms with Crippen LogP contribution in [0.2, 0.25) is 0 Å². The Labute approximate surface area is 128 Å². The van der Waals surface area contributed by atoms with Crippen LogP contribution in [0.1, 0.15) is 34.5 Å². The predicted octanol–water partition coefficient (Wildman–Crippen LogP) is 2.64. The van der Waals surface area contributed by atoms with Gasteiger partial charge in [0.25, 0.3) is 5.91 Å². The highest BCUT2D eigenvalue weighted by atomic mass is 16.3. The Bertz CT molecular complexity index is 688. The van der Waals surface area contributed by atoms with Crippen LogP contribution >= 0.6 is 0 Å². The number of aryl methyl sites for hydroxylation is 1. The van der Waals surface area contributed by atoms with Gasteiger partial charge in [-0.25, -0.2) is 0 Å². The van der Waals surface area contributed by atoms with E-state index in [0.29, 0.717) is 24.3 Å². The number of carbonyl (C=O) groups is 2. The minimum Gasteiger partial charge on any atom is -0.469 e. The third-order valence-electron chi connectivity index (χ3n) is 3.88. The van der Waals surface area contributed by atoms with E-state index in [-0.39, 0.29) is 11.8 Å². The number of rotatable bonds is 4. The fourth-order valence-corrected chi connectivity index (χ4v) is 2.61. The van der Waals surface area contributed by atoms with E-state index in [1.165, 1.54) is 6.26 Å². The maximum Gasteiger partial charge on any atom is 0.255 e. The molecule has 2 aromatic rings. The lowest BCUT2D eigenvalue weighted by molar-refractivity contribution is -0.117. The van der Waals surface area contributed by atoms with Crippen LogP contribution in [0, 0.1) is 6.92 Å². The molecule has 3 rings (SSSR count). The number of carbonyl (C=O) groups excluding carboxylic acids is 2. The van der Waals surface area contributed by atoms with Crippen molar-refractivity contribution >= 4 is 17.5 Å². The molecule has 1 N–H and O–H groups in total. The average Bonchev–Trinajstić information content (AvgIpc) is 3.14. The fourth-order valence-electron chi connectivity index (χ4n) is 2.61. The molecule has 2 heterocycles. The summed E-state index contributed by atoms with van der Waals surface area (Å²) in [4.78, 5) is 25.5. The van der Waals surface area contributed by atoms with Gasteiger partial charge in [0.05, 0.1) is 11.8 Å². The van der Waals surface area contributed by atoms with E-state index in [0.717, 1.165) is 24.2 Å². The summed E-state index contributed by atoms with van der Waals surface area (Å²) in [5.41, 5.74) is 2.47. The van der Waals surface area contributed by atoms with Gasteiger partial charge in [-0.2, -0.15) is 0 Å². The average molecular weight is 298 g/mol. The van der Waals surface area contributed by atoms with Crippen LogP contribution in [0.3, 0.4) is 0 Å². The van der Waals surface area contributed by atoms with Gasteiger partial charge in [-0.15, -0.1) is 0 Å². The SMILES string of the molecule is Cc1occc1C(=O)NCc1ccc(N2CCCC2=O)cc1. The number of nitrogens with zero attached hydrogens (tertiary/aromatic N) is 1. The van der Waals surface area contributed by atoms with Crippen molar-refractivity contribution in [2.24, 2.45) is 0 Å². The zero-order chi connectivity index (χ0) is 15.5. The van der Waals surface area contributed by atoms with Crippen LogP contribution in [0.5, 0.6) is 0 Å². The van der Waals surface area contributed by atoms with Crippen molar-refractivity contribution in [1.29, 1.82) is 0 Å². The first kappa shape index (κ1) is 14.4. The summed E-state index contributed by atoms with van der Waals surface area (Å²) in [6, 6.07) is 9.38. The molecule has 5 nitrogen and oxygen atoms in total. The summed E-state index contributed by atoms with van der Waals surface area (Å²) in [6.45, 7) is 2.99. The molecule has 1 aromatic heterocycles. The van der Waals surface area contributed by atoms with Gasteiger partial charge in [-0.1, -0.05) is 12.1 Å².